The number of nitrogens with zero attached hydrogens (tertiary/aromatic N) is 5. The van der Waals surface area contributed by atoms with Crippen LogP contribution in [-0.4, -0.2) is 30.2 Å². The summed E-state index contributed by atoms with van der Waals surface area (Å²) in [7, 11) is 0. The molecule has 5 heterocycles. The summed E-state index contributed by atoms with van der Waals surface area (Å²) in [6, 6.07) is 8.56. The van der Waals surface area contributed by atoms with Gasteiger partial charge in [0.25, 0.3) is 11.4 Å². The Kier molecular flexibility index (Phi) is 6.45. The van der Waals surface area contributed by atoms with Gasteiger partial charge in [0.2, 0.25) is 0 Å². The summed E-state index contributed by atoms with van der Waals surface area (Å²) >= 11 is 8.92. The Hall–Kier alpha value is -3.80. The van der Waals surface area contributed by atoms with Crippen LogP contribution in [0, 0.1) is 0 Å². The molecule has 0 amide bonds. The molecule has 0 fully saturated rings. The highest BCUT2D eigenvalue weighted by atomic mass is 35.5. The number of hydrogen-bond acceptors (Lipinski definition) is 9. The van der Waals surface area contributed by atoms with Crippen LogP contribution >= 0.6 is 34.3 Å². The van der Waals surface area contributed by atoms with Gasteiger partial charge in [0.1, 0.15) is 17.8 Å². The van der Waals surface area contributed by atoms with E-state index < -0.39 is 5.91 Å². The molecular formula is C23H17ClN6O3S2. The molecule has 0 aliphatic rings. The van der Waals surface area contributed by atoms with E-state index in [9.17, 15) is 9.59 Å². The third kappa shape index (κ3) is 4.74. The molecule has 176 valence electrons. The highest BCUT2D eigenvalue weighted by Gasteiger charge is 2.23. The molecule has 35 heavy (non-hydrogen) atoms. The lowest BCUT2D eigenvalue weighted by Gasteiger charge is -2.12. The number of nitrogens with one attached hydrogen (secondary N) is 1. The fourth-order valence-corrected chi connectivity index (χ4v) is 5.08. The minimum atomic E-state index is -0.558. The Morgan fingerprint density at radius 3 is 2.83 bits per heavy atom. The zero-order valence-corrected chi connectivity index (χ0v) is 20.4. The van der Waals surface area contributed by atoms with Gasteiger partial charge in [-0.1, -0.05) is 24.3 Å². The van der Waals surface area contributed by atoms with Crippen LogP contribution < -0.4 is 10.9 Å². The zero-order chi connectivity index (χ0) is 24.4. The van der Waals surface area contributed by atoms with Gasteiger partial charge >= 0.3 is 5.91 Å². The lowest BCUT2D eigenvalue weighted by Crippen LogP contribution is -2.23. The van der Waals surface area contributed by atoms with Crippen molar-refractivity contribution in [1.82, 2.24) is 24.3 Å². The second-order valence-electron chi connectivity index (χ2n) is 7.27. The van der Waals surface area contributed by atoms with Crippen molar-refractivity contribution in [3.05, 3.63) is 97.0 Å². The van der Waals surface area contributed by atoms with Crippen LogP contribution in [0.2, 0.25) is 4.34 Å². The molecule has 1 N–H and O–H groups in total. The van der Waals surface area contributed by atoms with Crippen molar-refractivity contribution in [3.8, 4) is 11.4 Å². The van der Waals surface area contributed by atoms with Gasteiger partial charge < -0.3 is 14.3 Å². The van der Waals surface area contributed by atoms with Crippen molar-refractivity contribution in [2.45, 2.75) is 13.1 Å². The van der Waals surface area contributed by atoms with Crippen LogP contribution in [0.3, 0.4) is 0 Å². The zero-order valence-electron chi connectivity index (χ0n) is 18.1. The molecule has 12 heteroatoms. The number of rotatable bonds is 8. The van der Waals surface area contributed by atoms with Gasteiger partial charge in [0, 0.05) is 28.0 Å². The third-order valence-corrected chi connectivity index (χ3v) is 6.94. The average Bonchev–Trinajstić information content (AvgIpc) is 3.66. The first kappa shape index (κ1) is 23.0. The number of aromatic nitrogens is 5. The van der Waals surface area contributed by atoms with E-state index in [0.29, 0.717) is 33.7 Å². The molecule has 5 aromatic heterocycles. The maximum atomic E-state index is 13.1. The molecule has 0 saturated heterocycles. The molecule has 0 atom stereocenters. The van der Waals surface area contributed by atoms with Crippen LogP contribution in [0.5, 0.6) is 0 Å². The Balaban J connectivity index is 1.62. The maximum absolute atomic E-state index is 13.1. The SMILES string of the molecule is C=Cc1ccc(=O)n(Cc2cscn2)c1-c1cc(NCc2ccc(Cl)s2)n(C(=O)c2ncco2)n1. The third-order valence-electron chi connectivity index (χ3n) is 5.07. The smallest absolute Gasteiger partial charge is 0.335 e. The molecule has 5 rings (SSSR count). The molecule has 0 spiro atoms. The predicted octanol–water partition coefficient (Wildman–Crippen LogP) is 4.86. The normalized spacial score (nSPS) is 11.0. The molecule has 0 aliphatic carbocycles. The fourth-order valence-electron chi connectivity index (χ4n) is 3.50. The highest BCUT2D eigenvalue weighted by Crippen LogP contribution is 2.28. The Morgan fingerprint density at radius 1 is 1.26 bits per heavy atom. The van der Waals surface area contributed by atoms with E-state index in [4.69, 9.17) is 16.0 Å². The van der Waals surface area contributed by atoms with Crippen molar-refractivity contribution >= 4 is 52.1 Å². The number of oxazole rings is 1. The topological polar surface area (TPSA) is 108 Å². The van der Waals surface area contributed by atoms with Crippen molar-refractivity contribution < 1.29 is 9.21 Å². The minimum Gasteiger partial charge on any atom is -0.441 e. The second kappa shape index (κ2) is 9.82. The molecule has 0 unspecified atom stereocenters. The second-order valence-corrected chi connectivity index (χ2v) is 9.79. The molecule has 0 radical (unpaired) electrons. The Morgan fingerprint density at radius 2 is 2.14 bits per heavy atom. The Labute approximate surface area is 212 Å². The van der Waals surface area contributed by atoms with Gasteiger partial charge in [0.05, 0.1) is 40.5 Å². The molecule has 0 aromatic carbocycles. The summed E-state index contributed by atoms with van der Waals surface area (Å²) in [5.74, 6) is -0.268. The van der Waals surface area contributed by atoms with Gasteiger partial charge in [-0.3, -0.25) is 9.59 Å². The van der Waals surface area contributed by atoms with Gasteiger partial charge in [-0.2, -0.15) is 9.78 Å². The first-order chi connectivity index (χ1) is 17.0. The van der Waals surface area contributed by atoms with Gasteiger partial charge in [-0.25, -0.2) is 9.97 Å². The van der Waals surface area contributed by atoms with Crippen molar-refractivity contribution in [3.63, 3.8) is 0 Å². The van der Waals surface area contributed by atoms with E-state index in [1.54, 1.807) is 34.4 Å². The molecule has 5 aromatic rings. The average molecular weight is 525 g/mol. The number of pyridine rings is 1. The van der Waals surface area contributed by atoms with Crippen molar-refractivity contribution in [2.24, 2.45) is 0 Å². The lowest BCUT2D eigenvalue weighted by molar-refractivity contribution is 0.0913. The van der Waals surface area contributed by atoms with Crippen molar-refractivity contribution in [2.75, 3.05) is 5.32 Å². The number of thiophene rings is 1. The van der Waals surface area contributed by atoms with E-state index >= 15 is 0 Å². The summed E-state index contributed by atoms with van der Waals surface area (Å²) < 4.78 is 8.61. The van der Waals surface area contributed by atoms with Crippen LogP contribution in [-0.2, 0) is 13.1 Å². The van der Waals surface area contributed by atoms with Crippen LogP contribution in [0.1, 0.15) is 26.8 Å². The van der Waals surface area contributed by atoms with E-state index in [0.717, 1.165) is 10.6 Å². The van der Waals surface area contributed by atoms with Crippen LogP contribution in [0.4, 0.5) is 5.82 Å². The Bertz CT molecular complexity index is 1550. The van der Waals surface area contributed by atoms with Gasteiger partial charge in [-0.15, -0.1) is 22.7 Å². The van der Waals surface area contributed by atoms with Gasteiger partial charge in [0.15, 0.2) is 0 Å². The van der Waals surface area contributed by atoms with E-state index in [-0.39, 0.29) is 18.0 Å². The number of thiazole rings is 1. The summed E-state index contributed by atoms with van der Waals surface area (Å²) in [6.07, 6.45) is 4.34. The number of carbonyl (C=O) groups excluding carboxylic acids is 1. The molecular weight excluding hydrogens is 508 g/mol. The lowest BCUT2D eigenvalue weighted by atomic mass is 10.1. The quantitative estimate of drug-likeness (QED) is 0.308. The first-order valence-corrected chi connectivity index (χ1v) is 12.4. The van der Waals surface area contributed by atoms with E-state index in [1.807, 2.05) is 11.4 Å². The largest absolute Gasteiger partial charge is 0.441 e. The standard InChI is InChI=1S/C23H17ClN6O3S2/c1-2-14-3-6-20(31)29(11-15-12-34-13-27-15)21(14)17-9-19(26-10-16-4-5-18(24)35-16)30(28-17)23(32)22-25-7-8-33-22/h2-9,12-13,26H,1,10-11H2. The van der Waals surface area contributed by atoms with Crippen LogP contribution in [0.15, 0.2) is 69.5 Å². The number of carbonyl (C=O) groups is 1. The minimum absolute atomic E-state index is 0.112. The van der Waals surface area contributed by atoms with Crippen LogP contribution in [0.25, 0.3) is 17.5 Å². The summed E-state index contributed by atoms with van der Waals surface area (Å²) in [6.45, 7) is 4.55. The van der Waals surface area contributed by atoms with Crippen molar-refractivity contribution in [1.29, 1.82) is 0 Å². The molecule has 0 aliphatic heterocycles. The first-order valence-electron chi connectivity index (χ1n) is 10.3. The summed E-state index contributed by atoms with van der Waals surface area (Å²) in [4.78, 5) is 35.3. The monoisotopic (exact) mass is 524 g/mol. The highest BCUT2D eigenvalue weighted by molar-refractivity contribution is 7.16. The van der Waals surface area contributed by atoms with E-state index in [1.165, 1.54) is 45.9 Å². The van der Waals surface area contributed by atoms with E-state index in [2.05, 4.69) is 27.0 Å². The summed E-state index contributed by atoms with van der Waals surface area (Å²) in [5.41, 5.74) is 3.82. The fraction of sp³-hybridized carbons (Fsp3) is 0.0870. The number of hydrogen-bond donors (Lipinski definition) is 1. The molecule has 0 saturated carbocycles. The molecule has 0 bridgehead atoms. The number of anilines is 1. The maximum Gasteiger partial charge on any atom is 0.335 e. The van der Waals surface area contributed by atoms with Gasteiger partial charge in [-0.05, 0) is 18.2 Å². The summed E-state index contributed by atoms with van der Waals surface area (Å²) in [5, 5.41) is 9.66. The number of halogens is 1. The molecule has 9 nitrogen and oxygen atoms in total. The predicted molar refractivity (Wildman–Crippen MR) is 136 cm³/mol.